The van der Waals surface area contributed by atoms with Crippen LogP contribution in [0.5, 0.6) is 0 Å². The van der Waals surface area contributed by atoms with E-state index < -0.39 is 15.8 Å². The molecule has 1 amide bonds. The lowest BCUT2D eigenvalue weighted by Gasteiger charge is -2.33. The largest absolute Gasteiger partial charge is 0.325 e. The summed E-state index contributed by atoms with van der Waals surface area (Å²) in [6.07, 6.45) is 0. The Morgan fingerprint density at radius 1 is 1.11 bits per heavy atom. The van der Waals surface area contributed by atoms with E-state index in [1.54, 1.807) is 18.2 Å². The summed E-state index contributed by atoms with van der Waals surface area (Å²) in [5.41, 5.74) is 1.46. The molecule has 28 heavy (non-hydrogen) atoms. The predicted octanol–water partition coefficient (Wildman–Crippen LogP) is 2.73. The van der Waals surface area contributed by atoms with Crippen molar-refractivity contribution in [2.45, 2.75) is 11.8 Å². The molecule has 2 aromatic rings. The first-order chi connectivity index (χ1) is 13.3. The van der Waals surface area contributed by atoms with Crippen molar-refractivity contribution in [1.82, 2.24) is 9.21 Å². The van der Waals surface area contributed by atoms with E-state index in [0.717, 1.165) is 17.7 Å². The van der Waals surface area contributed by atoms with E-state index in [9.17, 15) is 17.6 Å². The fraction of sp³-hybridized carbons (Fsp3) is 0.316. The van der Waals surface area contributed by atoms with Gasteiger partial charge in [-0.2, -0.15) is 4.31 Å². The first-order valence-electron chi connectivity index (χ1n) is 8.80. The highest BCUT2D eigenvalue weighted by Crippen LogP contribution is 2.23. The smallest absolute Gasteiger partial charge is 0.243 e. The first-order valence-corrected chi connectivity index (χ1v) is 10.6. The minimum atomic E-state index is -3.66. The zero-order chi connectivity index (χ0) is 20.3. The van der Waals surface area contributed by atoms with E-state index in [4.69, 9.17) is 11.6 Å². The van der Waals surface area contributed by atoms with Crippen LogP contribution in [0.15, 0.2) is 47.4 Å². The van der Waals surface area contributed by atoms with Crippen molar-refractivity contribution < 1.29 is 17.6 Å². The molecule has 9 heteroatoms. The highest BCUT2D eigenvalue weighted by Gasteiger charge is 2.29. The van der Waals surface area contributed by atoms with Gasteiger partial charge in [-0.25, -0.2) is 12.8 Å². The van der Waals surface area contributed by atoms with E-state index in [-0.39, 0.29) is 30.4 Å². The van der Waals surface area contributed by atoms with Gasteiger partial charge in [0, 0.05) is 36.9 Å². The van der Waals surface area contributed by atoms with Crippen molar-refractivity contribution in [1.29, 1.82) is 0 Å². The molecular weight excluding hydrogens is 405 g/mol. The SMILES string of the molecule is Cc1c(Cl)cccc1NC(=O)CN1CCN(S(=O)(=O)c2ccc(F)cc2)CC1. The highest BCUT2D eigenvalue weighted by atomic mass is 35.5. The Balaban J connectivity index is 1.56. The molecule has 1 saturated heterocycles. The average Bonchev–Trinajstić information content (AvgIpc) is 2.66. The Kier molecular flexibility index (Phi) is 6.34. The number of sulfonamides is 1. The Hall–Kier alpha value is -2.00. The number of piperazine rings is 1. The zero-order valence-electron chi connectivity index (χ0n) is 15.4. The molecule has 0 radical (unpaired) electrons. The number of carbonyl (C=O) groups is 1. The second kappa shape index (κ2) is 8.57. The summed E-state index contributed by atoms with van der Waals surface area (Å²) in [4.78, 5) is 14.3. The molecule has 1 fully saturated rings. The lowest BCUT2D eigenvalue weighted by atomic mass is 10.2. The molecule has 1 heterocycles. The molecule has 3 rings (SSSR count). The third-order valence-corrected chi connectivity index (χ3v) is 7.01. The van der Waals surface area contributed by atoms with Gasteiger partial charge in [0.15, 0.2) is 0 Å². The minimum absolute atomic E-state index is 0.0662. The summed E-state index contributed by atoms with van der Waals surface area (Å²) in [5, 5.41) is 3.42. The van der Waals surface area contributed by atoms with Gasteiger partial charge in [-0.05, 0) is 48.9 Å². The Bertz CT molecular complexity index is 959. The molecular formula is C19H21ClFN3O3S. The Labute approximate surface area is 168 Å². The van der Waals surface area contributed by atoms with Crippen molar-refractivity contribution >= 4 is 33.2 Å². The number of hydrogen-bond acceptors (Lipinski definition) is 4. The number of anilines is 1. The fourth-order valence-corrected chi connectivity index (χ4v) is 4.62. The van der Waals surface area contributed by atoms with Crippen LogP contribution in [-0.4, -0.2) is 56.3 Å². The van der Waals surface area contributed by atoms with Crippen LogP contribution in [0, 0.1) is 12.7 Å². The Morgan fingerprint density at radius 3 is 2.39 bits per heavy atom. The molecule has 1 aliphatic rings. The van der Waals surface area contributed by atoms with Gasteiger partial charge in [0.25, 0.3) is 0 Å². The van der Waals surface area contributed by atoms with Crippen LogP contribution >= 0.6 is 11.6 Å². The van der Waals surface area contributed by atoms with Crippen LogP contribution in [0.1, 0.15) is 5.56 Å². The molecule has 0 bridgehead atoms. The summed E-state index contributed by atoms with van der Waals surface area (Å²) in [6, 6.07) is 10.1. The molecule has 6 nitrogen and oxygen atoms in total. The van der Waals surface area contributed by atoms with Gasteiger partial charge in [-0.1, -0.05) is 17.7 Å². The molecule has 1 aliphatic heterocycles. The van der Waals surface area contributed by atoms with Gasteiger partial charge in [-0.15, -0.1) is 0 Å². The highest BCUT2D eigenvalue weighted by molar-refractivity contribution is 7.89. The summed E-state index contributed by atoms with van der Waals surface area (Å²) >= 11 is 6.06. The number of amides is 1. The minimum Gasteiger partial charge on any atom is -0.325 e. The van der Waals surface area contributed by atoms with E-state index >= 15 is 0 Å². The van der Waals surface area contributed by atoms with E-state index in [0.29, 0.717) is 23.8 Å². The Morgan fingerprint density at radius 2 is 1.75 bits per heavy atom. The van der Waals surface area contributed by atoms with Crippen molar-refractivity contribution in [2.75, 3.05) is 38.0 Å². The number of halogens is 2. The first kappa shape index (κ1) is 20.7. The van der Waals surface area contributed by atoms with Crippen LogP contribution in [0.4, 0.5) is 10.1 Å². The average molecular weight is 426 g/mol. The zero-order valence-corrected chi connectivity index (χ0v) is 16.9. The van der Waals surface area contributed by atoms with Crippen LogP contribution in [0.2, 0.25) is 5.02 Å². The van der Waals surface area contributed by atoms with Gasteiger partial charge in [0.2, 0.25) is 15.9 Å². The van der Waals surface area contributed by atoms with E-state index in [1.807, 2.05) is 11.8 Å². The van der Waals surface area contributed by atoms with Gasteiger partial charge in [0.05, 0.1) is 11.4 Å². The monoisotopic (exact) mass is 425 g/mol. The van der Waals surface area contributed by atoms with E-state index in [2.05, 4.69) is 5.32 Å². The number of rotatable bonds is 5. The summed E-state index contributed by atoms with van der Waals surface area (Å²) in [5.74, 6) is -0.662. The molecule has 0 unspecified atom stereocenters. The van der Waals surface area contributed by atoms with E-state index in [1.165, 1.54) is 16.4 Å². The summed E-state index contributed by atoms with van der Waals surface area (Å²) in [6.45, 7) is 3.39. The van der Waals surface area contributed by atoms with Gasteiger partial charge >= 0.3 is 0 Å². The van der Waals surface area contributed by atoms with Crippen molar-refractivity contribution in [3.8, 4) is 0 Å². The molecule has 1 N–H and O–H groups in total. The number of carbonyl (C=O) groups excluding carboxylic acids is 1. The van der Waals surface area contributed by atoms with Crippen LogP contribution in [-0.2, 0) is 14.8 Å². The lowest BCUT2D eigenvalue weighted by Crippen LogP contribution is -2.50. The van der Waals surface area contributed by atoms with Crippen LogP contribution in [0.25, 0.3) is 0 Å². The number of nitrogens with one attached hydrogen (secondary N) is 1. The summed E-state index contributed by atoms with van der Waals surface area (Å²) < 4.78 is 39.7. The molecule has 0 aromatic heterocycles. The number of nitrogens with zero attached hydrogens (tertiary/aromatic N) is 2. The maximum atomic E-state index is 13.0. The molecule has 0 atom stereocenters. The predicted molar refractivity (Wildman–Crippen MR) is 106 cm³/mol. The van der Waals surface area contributed by atoms with Crippen molar-refractivity contribution in [3.05, 3.63) is 58.9 Å². The third-order valence-electron chi connectivity index (χ3n) is 4.69. The third kappa shape index (κ3) is 4.70. The van der Waals surface area contributed by atoms with Crippen molar-refractivity contribution in [3.63, 3.8) is 0 Å². The van der Waals surface area contributed by atoms with Gasteiger partial charge < -0.3 is 5.32 Å². The standard InChI is InChI=1S/C19H21ClFN3O3S/c1-14-17(20)3-2-4-18(14)22-19(25)13-23-9-11-24(12-10-23)28(26,27)16-7-5-15(21)6-8-16/h2-8H,9-13H2,1H3,(H,22,25). The second-order valence-electron chi connectivity index (χ2n) is 6.59. The maximum Gasteiger partial charge on any atom is 0.243 e. The van der Waals surface area contributed by atoms with Crippen LogP contribution in [0.3, 0.4) is 0 Å². The topological polar surface area (TPSA) is 69.7 Å². The fourth-order valence-electron chi connectivity index (χ4n) is 3.02. The quantitative estimate of drug-likeness (QED) is 0.799. The molecule has 2 aromatic carbocycles. The molecule has 0 saturated carbocycles. The van der Waals surface area contributed by atoms with Crippen molar-refractivity contribution in [2.24, 2.45) is 0 Å². The lowest BCUT2D eigenvalue weighted by molar-refractivity contribution is -0.117. The van der Waals surface area contributed by atoms with Gasteiger partial charge in [0.1, 0.15) is 5.82 Å². The number of hydrogen-bond donors (Lipinski definition) is 1. The molecule has 150 valence electrons. The van der Waals surface area contributed by atoms with Crippen LogP contribution < -0.4 is 5.32 Å². The van der Waals surface area contributed by atoms with Gasteiger partial charge in [-0.3, -0.25) is 9.69 Å². The number of benzene rings is 2. The normalized spacial score (nSPS) is 16.1. The maximum absolute atomic E-state index is 13.0. The summed E-state index contributed by atoms with van der Waals surface area (Å²) in [7, 11) is -3.66. The molecule has 0 aliphatic carbocycles. The second-order valence-corrected chi connectivity index (χ2v) is 8.94. The molecule has 0 spiro atoms.